The van der Waals surface area contributed by atoms with Gasteiger partial charge in [-0.15, -0.1) is 0 Å². The van der Waals surface area contributed by atoms with Gasteiger partial charge in [-0.05, 0) is 42.0 Å². The zero-order valence-corrected chi connectivity index (χ0v) is 11.7. The molecule has 0 radical (unpaired) electrons. The number of phenolic OH excluding ortho intramolecular Hbond substituents is 2. The van der Waals surface area contributed by atoms with Gasteiger partial charge in [-0.25, -0.2) is 0 Å². The van der Waals surface area contributed by atoms with Crippen LogP contribution < -0.4 is 5.32 Å². The predicted octanol–water partition coefficient (Wildman–Crippen LogP) is 2.58. The average molecular weight is 294 g/mol. The Morgan fingerprint density at radius 1 is 1.05 bits per heavy atom. The van der Waals surface area contributed by atoms with Crippen LogP contribution in [0.25, 0.3) is 10.9 Å². The number of hydrogen-bond donors (Lipinski definition) is 3. The van der Waals surface area contributed by atoms with E-state index in [9.17, 15) is 15.0 Å². The van der Waals surface area contributed by atoms with Crippen molar-refractivity contribution < 1.29 is 15.0 Å². The number of nitrogens with zero attached hydrogens (tertiary/aromatic N) is 1. The van der Waals surface area contributed by atoms with E-state index in [1.54, 1.807) is 30.5 Å². The molecule has 22 heavy (non-hydrogen) atoms. The van der Waals surface area contributed by atoms with Gasteiger partial charge in [0.1, 0.15) is 0 Å². The third kappa shape index (κ3) is 2.83. The first kappa shape index (κ1) is 13.9. The van der Waals surface area contributed by atoms with E-state index in [-0.39, 0.29) is 24.0 Å². The lowest BCUT2D eigenvalue weighted by molar-refractivity contribution is 0.0951. The zero-order valence-electron chi connectivity index (χ0n) is 11.7. The van der Waals surface area contributed by atoms with E-state index in [4.69, 9.17) is 0 Å². The second kappa shape index (κ2) is 5.73. The summed E-state index contributed by atoms with van der Waals surface area (Å²) >= 11 is 0. The minimum atomic E-state index is -0.210. The maximum Gasteiger partial charge on any atom is 0.251 e. The van der Waals surface area contributed by atoms with Crippen LogP contribution in [0.5, 0.6) is 11.5 Å². The molecule has 1 heterocycles. The monoisotopic (exact) mass is 294 g/mol. The molecule has 3 N–H and O–H groups in total. The van der Waals surface area contributed by atoms with Crippen molar-refractivity contribution in [3.05, 3.63) is 65.9 Å². The highest BCUT2D eigenvalue weighted by Crippen LogP contribution is 2.24. The van der Waals surface area contributed by atoms with Crippen LogP contribution in [0.15, 0.2) is 54.7 Å². The van der Waals surface area contributed by atoms with E-state index < -0.39 is 0 Å². The van der Waals surface area contributed by atoms with Crippen molar-refractivity contribution in [2.24, 2.45) is 0 Å². The van der Waals surface area contributed by atoms with Crippen LogP contribution in [0.1, 0.15) is 15.9 Å². The second-order valence-corrected chi connectivity index (χ2v) is 4.92. The number of benzene rings is 2. The van der Waals surface area contributed by atoms with Gasteiger partial charge in [0.25, 0.3) is 5.91 Å². The Kier molecular flexibility index (Phi) is 3.62. The van der Waals surface area contributed by atoms with E-state index in [1.807, 2.05) is 12.1 Å². The number of aromatic hydroxyl groups is 2. The number of pyridine rings is 1. The Labute approximate surface area is 126 Å². The van der Waals surface area contributed by atoms with E-state index in [0.717, 1.165) is 10.9 Å². The van der Waals surface area contributed by atoms with Crippen molar-refractivity contribution in [2.45, 2.75) is 6.54 Å². The largest absolute Gasteiger partial charge is 0.504 e. The number of fused-ring (bicyclic) bond motifs is 1. The first-order valence-electron chi connectivity index (χ1n) is 6.77. The minimum Gasteiger partial charge on any atom is -0.504 e. The summed E-state index contributed by atoms with van der Waals surface area (Å²) in [5, 5.41) is 22.4. The lowest BCUT2D eigenvalue weighted by Gasteiger charge is -2.07. The Bertz CT molecular complexity index is 846. The van der Waals surface area contributed by atoms with Crippen LogP contribution in [0, 0.1) is 0 Å². The normalized spacial score (nSPS) is 10.5. The molecular weight excluding hydrogens is 280 g/mol. The van der Waals surface area contributed by atoms with Gasteiger partial charge in [0, 0.05) is 23.7 Å². The average Bonchev–Trinajstić information content (AvgIpc) is 2.55. The summed E-state index contributed by atoms with van der Waals surface area (Å²) in [4.78, 5) is 16.4. The highest BCUT2D eigenvalue weighted by Gasteiger charge is 2.07. The smallest absolute Gasteiger partial charge is 0.251 e. The number of nitrogens with one attached hydrogen (secondary N) is 1. The van der Waals surface area contributed by atoms with E-state index in [0.29, 0.717) is 11.1 Å². The van der Waals surface area contributed by atoms with Crippen molar-refractivity contribution >= 4 is 16.8 Å². The topological polar surface area (TPSA) is 82.5 Å². The van der Waals surface area contributed by atoms with Crippen LogP contribution in [-0.4, -0.2) is 21.1 Å². The summed E-state index contributed by atoms with van der Waals surface area (Å²) in [5.41, 5.74) is 2.08. The van der Waals surface area contributed by atoms with E-state index in [2.05, 4.69) is 10.3 Å². The van der Waals surface area contributed by atoms with Crippen molar-refractivity contribution in [3.8, 4) is 11.5 Å². The molecule has 0 spiro atoms. The first-order valence-corrected chi connectivity index (χ1v) is 6.77. The maximum absolute atomic E-state index is 12.2. The highest BCUT2D eigenvalue weighted by molar-refractivity contribution is 5.97. The van der Waals surface area contributed by atoms with Crippen LogP contribution in [0.3, 0.4) is 0 Å². The number of aromatic nitrogens is 1. The fraction of sp³-hybridized carbons (Fsp3) is 0.0588. The molecule has 0 bridgehead atoms. The number of amides is 1. The van der Waals surface area contributed by atoms with Crippen LogP contribution >= 0.6 is 0 Å². The number of phenols is 2. The first-order chi connectivity index (χ1) is 10.6. The molecule has 0 aliphatic heterocycles. The molecule has 0 saturated carbocycles. The van der Waals surface area contributed by atoms with Crippen molar-refractivity contribution in [1.29, 1.82) is 0 Å². The molecule has 3 aromatic rings. The van der Waals surface area contributed by atoms with E-state index in [1.165, 1.54) is 12.1 Å². The van der Waals surface area contributed by atoms with Crippen LogP contribution in [-0.2, 0) is 6.54 Å². The number of rotatable bonds is 3. The fourth-order valence-corrected chi connectivity index (χ4v) is 2.18. The molecule has 0 aliphatic rings. The van der Waals surface area contributed by atoms with Gasteiger partial charge in [0.05, 0.1) is 5.52 Å². The van der Waals surface area contributed by atoms with Gasteiger partial charge in [-0.3, -0.25) is 9.78 Å². The molecule has 5 nitrogen and oxygen atoms in total. The molecular formula is C17H14N2O3. The van der Waals surface area contributed by atoms with Crippen LogP contribution in [0.2, 0.25) is 0 Å². The highest BCUT2D eigenvalue weighted by atomic mass is 16.3. The molecule has 5 heteroatoms. The lowest BCUT2D eigenvalue weighted by Crippen LogP contribution is -2.22. The van der Waals surface area contributed by atoms with Gasteiger partial charge in [-0.2, -0.15) is 0 Å². The standard InChI is InChI=1S/C17H14N2O3/c20-15-6-3-11(8-16(15)21)10-19-17(22)13-4-5-14-12(9-13)2-1-7-18-14/h1-9,20-21H,10H2,(H,19,22). The Morgan fingerprint density at radius 2 is 1.91 bits per heavy atom. The van der Waals surface area contributed by atoms with Gasteiger partial charge in [0.15, 0.2) is 11.5 Å². The van der Waals surface area contributed by atoms with Gasteiger partial charge >= 0.3 is 0 Å². The fourth-order valence-electron chi connectivity index (χ4n) is 2.18. The SMILES string of the molecule is O=C(NCc1ccc(O)c(O)c1)c1ccc2ncccc2c1. The molecule has 110 valence electrons. The Morgan fingerprint density at radius 3 is 2.73 bits per heavy atom. The molecule has 0 fully saturated rings. The molecule has 0 unspecified atom stereocenters. The third-order valence-corrected chi connectivity index (χ3v) is 3.36. The summed E-state index contributed by atoms with van der Waals surface area (Å²) in [7, 11) is 0. The third-order valence-electron chi connectivity index (χ3n) is 3.36. The molecule has 0 atom stereocenters. The Balaban J connectivity index is 1.74. The zero-order chi connectivity index (χ0) is 15.5. The quantitative estimate of drug-likeness (QED) is 0.648. The summed E-state index contributed by atoms with van der Waals surface area (Å²) in [5.74, 6) is -0.598. The van der Waals surface area contributed by atoms with E-state index >= 15 is 0 Å². The number of hydrogen-bond acceptors (Lipinski definition) is 4. The molecule has 1 aromatic heterocycles. The molecule has 2 aromatic carbocycles. The number of carbonyl (C=O) groups is 1. The summed E-state index contributed by atoms with van der Waals surface area (Å²) in [6.45, 7) is 0.262. The van der Waals surface area contributed by atoms with Crippen molar-refractivity contribution in [1.82, 2.24) is 10.3 Å². The van der Waals surface area contributed by atoms with Gasteiger partial charge in [-0.1, -0.05) is 12.1 Å². The lowest BCUT2D eigenvalue weighted by atomic mass is 10.1. The predicted molar refractivity (Wildman–Crippen MR) is 82.7 cm³/mol. The molecule has 1 amide bonds. The van der Waals surface area contributed by atoms with Crippen LogP contribution in [0.4, 0.5) is 0 Å². The minimum absolute atomic E-state index is 0.183. The maximum atomic E-state index is 12.2. The molecule has 3 rings (SSSR count). The van der Waals surface area contributed by atoms with Gasteiger partial charge in [0.2, 0.25) is 0 Å². The summed E-state index contributed by atoms with van der Waals surface area (Å²) in [6, 6.07) is 13.5. The number of carbonyl (C=O) groups excluding carboxylic acids is 1. The second-order valence-electron chi connectivity index (χ2n) is 4.92. The molecule has 0 saturated heterocycles. The van der Waals surface area contributed by atoms with Crippen molar-refractivity contribution in [2.75, 3.05) is 0 Å². The summed E-state index contributed by atoms with van der Waals surface area (Å²) < 4.78 is 0. The van der Waals surface area contributed by atoms with Gasteiger partial charge < -0.3 is 15.5 Å². The van der Waals surface area contributed by atoms with Crippen molar-refractivity contribution in [3.63, 3.8) is 0 Å². The summed E-state index contributed by atoms with van der Waals surface area (Å²) in [6.07, 6.45) is 1.71. The molecule has 0 aliphatic carbocycles. The Hall–Kier alpha value is -3.08.